The van der Waals surface area contributed by atoms with Crippen molar-refractivity contribution < 1.29 is 95.0 Å². The van der Waals surface area contributed by atoms with Crippen molar-refractivity contribution in [3.05, 3.63) is 353 Å². The molecule has 21 nitrogen and oxygen atoms in total. The number of nitrogens with zero attached hydrogens (tertiary/aromatic N) is 1. The van der Waals surface area contributed by atoms with E-state index in [9.17, 15) is 9.59 Å². The van der Waals surface area contributed by atoms with Crippen LogP contribution >= 0.6 is 0 Å². The van der Waals surface area contributed by atoms with Gasteiger partial charge in [0.05, 0.1) is 76.2 Å². The van der Waals surface area contributed by atoms with Gasteiger partial charge in [-0.1, -0.05) is 243 Å². The van der Waals surface area contributed by atoms with Crippen molar-refractivity contribution in [2.24, 2.45) is 0 Å². The predicted molar refractivity (Wildman–Crippen MR) is 396 cm³/mol. The van der Waals surface area contributed by atoms with E-state index in [0.29, 0.717) is 0 Å². The molecule has 0 bridgehead atoms. The van der Waals surface area contributed by atoms with Crippen molar-refractivity contribution in [2.45, 2.75) is 132 Å². The Bertz CT molecular complexity index is 4360. The largest absolute Gasteiger partial charge is 0.452 e. The Morgan fingerprint density at radius 3 is 0.954 bits per heavy atom. The van der Waals surface area contributed by atoms with Gasteiger partial charge in [0.2, 0.25) is 0 Å². The van der Waals surface area contributed by atoms with Gasteiger partial charge in [0.25, 0.3) is 0 Å². The number of carbonyl (C=O) groups is 4. The van der Waals surface area contributed by atoms with E-state index in [4.69, 9.17) is 75.8 Å². The molecule has 3 aliphatic rings. The van der Waals surface area contributed by atoms with Gasteiger partial charge in [0.15, 0.2) is 43.3 Å². The lowest BCUT2D eigenvalue weighted by Gasteiger charge is -2.48. The van der Waals surface area contributed by atoms with Crippen LogP contribution in [-0.4, -0.2) is 148 Å². The number of esters is 4. The number of rotatable bonds is 34. The van der Waals surface area contributed by atoms with E-state index < -0.39 is 129 Å². The van der Waals surface area contributed by atoms with Crippen LogP contribution < -0.4 is 0 Å². The van der Waals surface area contributed by atoms with Crippen molar-refractivity contribution in [1.29, 1.82) is 0 Å². The normalized spacial score (nSPS) is 23.9. The number of pyridine rings is 1. The SMILES string of the molecule is CO[C@H]1O[C@H](CO[C@@H]2O[C@H](CO[C@@H]3O[C@H](COCc4ccccc4)[C@@H](OCc4ccccc4)[C@H](OCc4ccccc4)[C@H]3OC(=O)c3ccccn3)[C@@H](OC(=O)c3ccccc3)[C@H](OC(=O)c3ccccc3)[C@H]2OC(=O)c2ccccc2)[C@@H](OCc2ccccc2)[C@H](OCc2ccccc2)[C@H]1OCc1ccccc1. The van der Waals surface area contributed by atoms with E-state index in [1.165, 1.54) is 19.4 Å². The zero-order chi connectivity index (χ0) is 74.8. The first-order chi connectivity index (χ1) is 53.7. The Hall–Kier alpha value is -10.5. The van der Waals surface area contributed by atoms with Crippen LogP contribution in [0, 0.1) is 0 Å². The van der Waals surface area contributed by atoms with Crippen LogP contribution in [0.4, 0.5) is 0 Å². The fourth-order valence-electron chi connectivity index (χ4n) is 13.0. The Labute approximate surface area is 632 Å². The lowest BCUT2D eigenvalue weighted by atomic mass is 9.96. The number of aromatic nitrogens is 1. The third kappa shape index (κ3) is 21.3. The van der Waals surface area contributed by atoms with Crippen LogP contribution in [0.3, 0.4) is 0 Å². The molecule has 0 amide bonds. The molecule has 0 aliphatic carbocycles. The second-order valence-corrected chi connectivity index (χ2v) is 26.1. The third-order valence-electron chi connectivity index (χ3n) is 18.6. The highest BCUT2D eigenvalue weighted by Gasteiger charge is 2.57. The van der Waals surface area contributed by atoms with Crippen LogP contribution in [0.5, 0.6) is 0 Å². The van der Waals surface area contributed by atoms with Crippen LogP contribution in [-0.2, 0) is 115 Å². The van der Waals surface area contributed by atoms with Gasteiger partial charge in [-0.3, -0.25) is 0 Å². The van der Waals surface area contributed by atoms with E-state index in [1.807, 2.05) is 182 Å². The molecular weight excluding hydrogens is 1390 g/mol. The van der Waals surface area contributed by atoms with E-state index in [1.54, 1.807) is 103 Å². The summed E-state index contributed by atoms with van der Waals surface area (Å²) >= 11 is 0. The molecule has 3 aliphatic heterocycles. The summed E-state index contributed by atoms with van der Waals surface area (Å²) in [6.07, 6.45) is -18.7. The first kappa shape index (κ1) is 76.7. The number of carbonyl (C=O) groups excluding carboxylic acids is 4. The number of hydrogen-bond acceptors (Lipinski definition) is 21. The van der Waals surface area contributed by atoms with Crippen molar-refractivity contribution in [2.75, 3.05) is 26.9 Å². The Kier molecular flexibility index (Phi) is 27.9. The maximum atomic E-state index is 15.1. The molecule has 3 saturated heterocycles. The van der Waals surface area contributed by atoms with Crippen LogP contribution in [0.15, 0.2) is 297 Å². The van der Waals surface area contributed by atoms with E-state index in [0.717, 1.165) is 33.4 Å². The maximum Gasteiger partial charge on any atom is 0.357 e. The fourth-order valence-corrected chi connectivity index (χ4v) is 13.0. The second-order valence-electron chi connectivity index (χ2n) is 26.1. The molecule has 13 rings (SSSR count). The summed E-state index contributed by atoms with van der Waals surface area (Å²) in [5, 5.41) is 0. The summed E-state index contributed by atoms with van der Waals surface area (Å²) in [6, 6.07) is 86.7. The number of ether oxygens (including phenoxy) is 16. The summed E-state index contributed by atoms with van der Waals surface area (Å²) in [4.78, 5) is 64.2. The van der Waals surface area contributed by atoms with Crippen LogP contribution in [0.25, 0.3) is 0 Å². The van der Waals surface area contributed by atoms with Gasteiger partial charge < -0.3 is 75.8 Å². The lowest BCUT2D eigenvalue weighted by molar-refractivity contribution is -0.349. The topological polar surface area (TPSA) is 229 Å². The minimum atomic E-state index is -1.80. The van der Waals surface area contributed by atoms with Crippen molar-refractivity contribution in [3.63, 3.8) is 0 Å². The number of methoxy groups -OCH3 is 1. The minimum Gasteiger partial charge on any atom is -0.452 e. The zero-order valence-corrected chi connectivity index (χ0v) is 59.9. The second kappa shape index (κ2) is 39.6. The quantitative estimate of drug-likeness (QED) is 0.0270. The van der Waals surface area contributed by atoms with Gasteiger partial charge >= 0.3 is 23.9 Å². The van der Waals surface area contributed by atoms with E-state index in [2.05, 4.69) is 4.98 Å². The summed E-state index contributed by atoms with van der Waals surface area (Å²) in [6.45, 7) is -0.635. The van der Waals surface area contributed by atoms with Gasteiger partial charge in [-0.25, -0.2) is 24.2 Å². The predicted octanol–water partition coefficient (Wildman–Crippen LogP) is 13.3. The first-order valence-electron chi connectivity index (χ1n) is 36.2. The Balaban J connectivity index is 0.910. The zero-order valence-electron chi connectivity index (χ0n) is 59.9. The average molecular weight is 1480 g/mol. The summed E-state index contributed by atoms with van der Waals surface area (Å²) in [7, 11) is 1.49. The van der Waals surface area contributed by atoms with Crippen LogP contribution in [0.1, 0.15) is 74.9 Å². The molecule has 3 fully saturated rings. The first-order valence-corrected chi connectivity index (χ1v) is 36.2. The molecule has 0 unspecified atom stereocenters. The monoisotopic (exact) mass is 1480 g/mol. The average Bonchev–Trinajstić information content (AvgIpc) is 0.778. The molecule has 0 saturated carbocycles. The Morgan fingerprint density at radius 1 is 0.275 bits per heavy atom. The smallest absolute Gasteiger partial charge is 0.357 e. The number of hydrogen-bond donors (Lipinski definition) is 0. The standard InChI is InChI=1S/C88H85NO20/c1-94-86-79(100-56-65-41-21-7-22-42-65)76(98-54-63-37-17-5-18-38-63)74(97-53-62-35-15-4-16-36-62)71(103-86)58-101-88-81(108-84(92)68-47-27-10-28-48-68)78(107-83(91)67-45-25-9-26-46-67)75(106-82(90)66-43-23-8-24-44-66)72(105-88)59-102-87-80(109-85(93)69-49-29-30-50-89-69)77(99-55-64-39-19-6-20-40-64)73(96-52-61-33-13-3-14-34-61)70(104-87)57-95-51-60-31-11-2-12-32-60/h2-50,70-81,86-88H,51-59H2,1H3/t70-,71-,72-,73-,74-,75-,76+,77+,78+,79-,80-,81-,86+,87-,88-/m1/s1. The molecule has 0 spiro atoms. The minimum absolute atomic E-state index is 0.00622. The van der Waals surface area contributed by atoms with Gasteiger partial charge in [-0.2, -0.15) is 0 Å². The summed E-state index contributed by atoms with van der Waals surface area (Å²) in [5.41, 5.74) is 5.29. The maximum absolute atomic E-state index is 15.1. The van der Waals surface area contributed by atoms with E-state index >= 15 is 9.59 Å². The molecule has 4 heterocycles. The van der Waals surface area contributed by atoms with Gasteiger partial charge in [-0.05, 0) is 81.9 Å². The van der Waals surface area contributed by atoms with Crippen molar-refractivity contribution in [3.8, 4) is 0 Å². The molecule has 10 aromatic rings. The van der Waals surface area contributed by atoms with Gasteiger partial charge in [0, 0.05) is 13.3 Å². The Morgan fingerprint density at radius 2 is 0.569 bits per heavy atom. The van der Waals surface area contributed by atoms with Gasteiger partial charge in [-0.15, -0.1) is 0 Å². The van der Waals surface area contributed by atoms with Crippen LogP contribution in [0.2, 0.25) is 0 Å². The third-order valence-corrected chi connectivity index (χ3v) is 18.6. The van der Waals surface area contributed by atoms with E-state index in [-0.39, 0.29) is 68.6 Å². The van der Waals surface area contributed by atoms with Crippen molar-refractivity contribution >= 4 is 23.9 Å². The molecule has 562 valence electrons. The van der Waals surface area contributed by atoms with Crippen molar-refractivity contribution in [1.82, 2.24) is 4.98 Å². The highest BCUT2D eigenvalue weighted by Crippen LogP contribution is 2.38. The lowest BCUT2D eigenvalue weighted by Crippen LogP contribution is -2.65. The molecule has 21 heteroatoms. The summed E-state index contributed by atoms with van der Waals surface area (Å²) < 4.78 is 109. The highest BCUT2D eigenvalue weighted by molar-refractivity contribution is 5.91. The molecule has 0 radical (unpaired) electrons. The molecule has 9 aromatic carbocycles. The molecule has 1 aromatic heterocycles. The summed E-state index contributed by atoms with van der Waals surface area (Å²) in [5.74, 6) is -3.55. The molecule has 109 heavy (non-hydrogen) atoms. The highest BCUT2D eigenvalue weighted by atomic mass is 16.8. The fraction of sp³-hybridized carbons (Fsp3) is 0.284. The molecular formula is C88H85NO20. The number of benzene rings is 9. The van der Waals surface area contributed by atoms with Gasteiger partial charge in [0.1, 0.15) is 54.5 Å². The molecule has 15 atom stereocenters. The molecule has 0 N–H and O–H groups in total.